The molecule has 0 unspecified atom stereocenters. The van der Waals surface area contributed by atoms with E-state index in [0.29, 0.717) is 24.1 Å². The minimum Gasteiger partial charge on any atom is -0.466 e. The van der Waals surface area contributed by atoms with Gasteiger partial charge in [0, 0.05) is 17.3 Å². The number of thiazole rings is 1. The van der Waals surface area contributed by atoms with Crippen LogP contribution in [0.2, 0.25) is 0 Å². The second kappa shape index (κ2) is 8.12. The highest BCUT2D eigenvalue weighted by Gasteiger charge is 2.14. The van der Waals surface area contributed by atoms with Crippen LogP contribution in [0, 0.1) is 13.8 Å². The summed E-state index contributed by atoms with van der Waals surface area (Å²) in [5.74, 6) is -0.706. The first-order valence-corrected chi connectivity index (χ1v) is 9.28. The zero-order valence-electron chi connectivity index (χ0n) is 15.3. The van der Waals surface area contributed by atoms with Gasteiger partial charge in [0.15, 0.2) is 10.8 Å². The largest absolute Gasteiger partial charge is 0.466 e. The van der Waals surface area contributed by atoms with Gasteiger partial charge in [-0.2, -0.15) is 10.2 Å². The van der Waals surface area contributed by atoms with E-state index in [1.165, 1.54) is 11.3 Å². The zero-order valence-corrected chi connectivity index (χ0v) is 16.1. The van der Waals surface area contributed by atoms with Crippen molar-refractivity contribution in [1.82, 2.24) is 24.5 Å². The van der Waals surface area contributed by atoms with E-state index < -0.39 is 0 Å². The van der Waals surface area contributed by atoms with Crippen LogP contribution in [0.25, 0.3) is 0 Å². The Morgan fingerprint density at radius 2 is 2.11 bits per heavy atom. The lowest BCUT2D eigenvalue weighted by atomic mass is 10.3. The molecule has 9 nitrogen and oxygen atoms in total. The second-order valence-electron chi connectivity index (χ2n) is 5.89. The summed E-state index contributed by atoms with van der Waals surface area (Å²) in [4.78, 5) is 28.1. The molecule has 0 bridgehead atoms. The van der Waals surface area contributed by atoms with Crippen molar-refractivity contribution in [2.45, 2.75) is 33.9 Å². The van der Waals surface area contributed by atoms with Crippen LogP contribution in [0.4, 0.5) is 5.13 Å². The van der Waals surface area contributed by atoms with Crippen LogP contribution in [0.1, 0.15) is 34.5 Å². The van der Waals surface area contributed by atoms with Gasteiger partial charge >= 0.3 is 5.97 Å². The molecule has 10 heteroatoms. The quantitative estimate of drug-likeness (QED) is 0.621. The van der Waals surface area contributed by atoms with E-state index in [-0.39, 0.29) is 24.0 Å². The number of amides is 1. The number of ether oxygens (including phenoxy) is 1. The fraction of sp³-hybridized carbons (Fsp3) is 0.353. The minimum atomic E-state index is -0.362. The molecule has 3 rings (SSSR count). The van der Waals surface area contributed by atoms with Crippen molar-refractivity contribution in [2.24, 2.45) is 0 Å². The van der Waals surface area contributed by atoms with Gasteiger partial charge in [-0.15, -0.1) is 11.3 Å². The third kappa shape index (κ3) is 4.79. The third-order valence-electron chi connectivity index (χ3n) is 3.66. The monoisotopic (exact) mass is 388 g/mol. The molecular weight excluding hydrogens is 368 g/mol. The Kier molecular flexibility index (Phi) is 5.65. The van der Waals surface area contributed by atoms with E-state index in [1.807, 2.05) is 24.6 Å². The lowest BCUT2D eigenvalue weighted by molar-refractivity contribution is -0.142. The van der Waals surface area contributed by atoms with E-state index in [1.54, 1.807) is 29.2 Å². The molecule has 3 aromatic heterocycles. The summed E-state index contributed by atoms with van der Waals surface area (Å²) in [5.41, 5.74) is 2.79. The molecule has 142 valence electrons. The average Bonchev–Trinajstić information content (AvgIpc) is 3.30. The molecule has 0 fully saturated rings. The number of rotatable bonds is 7. The Bertz CT molecular complexity index is 958. The van der Waals surface area contributed by atoms with Gasteiger partial charge in [0.25, 0.3) is 5.91 Å². The van der Waals surface area contributed by atoms with Crippen LogP contribution in [0.5, 0.6) is 0 Å². The number of nitrogens with zero attached hydrogens (tertiary/aromatic N) is 5. The Morgan fingerprint density at radius 3 is 2.81 bits per heavy atom. The SMILES string of the molecule is CCOC(=O)Cc1csc(NC(=O)c2ccn(Cn3nc(C)cc3C)n2)n1. The van der Waals surface area contributed by atoms with Crippen LogP contribution < -0.4 is 5.32 Å². The summed E-state index contributed by atoms with van der Waals surface area (Å²) in [7, 11) is 0. The zero-order chi connectivity index (χ0) is 19.4. The van der Waals surface area contributed by atoms with Gasteiger partial charge in [-0.25, -0.2) is 9.67 Å². The van der Waals surface area contributed by atoms with Gasteiger partial charge in [0.2, 0.25) is 0 Å². The topological polar surface area (TPSA) is 104 Å². The van der Waals surface area contributed by atoms with Crippen molar-refractivity contribution >= 4 is 28.3 Å². The number of carbonyl (C=O) groups excluding carboxylic acids is 2. The van der Waals surface area contributed by atoms with E-state index in [0.717, 1.165) is 11.4 Å². The first kappa shape index (κ1) is 18.8. The van der Waals surface area contributed by atoms with E-state index >= 15 is 0 Å². The molecule has 0 aliphatic carbocycles. The number of anilines is 1. The molecular formula is C17H20N6O3S. The molecule has 0 aliphatic rings. The number of esters is 1. The Balaban J connectivity index is 1.60. The number of nitrogens with one attached hydrogen (secondary N) is 1. The Hall–Kier alpha value is -3.01. The lowest BCUT2D eigenvalue weighted by Crippen LogP contribution is -2.15. The fourth-order valence-electron chi connectivity index (χ4n) is 2.48. The van der Waals surface area contributed by atoms with Crippen LogP contribution >= 0.6 is 11.3 Å². The van der Waals surface area contributed by atoms with Crippen molar-refractivity contribution in [3.63, 3.8) is 0 Å². The number of aryl methyl sites for hydroxylation is 2. The fourth-order valence-corrected chi connectivity index (χ4v) is 3.19. The summed E-state index contributed by atoms with van der Waals surface area (Å²) >= 11 is 1.25. The summed E-state index contributed by atoms with van der Waals surface area (Å²) < 4.78 is 8.34. The standard InChI is InChI=1S/C17H20N6O3S/c1-4-26-15(24)8-13-9-27-17(18-13)19-16(25)14-5-6-22(21-14)10-23-12(3)7-11(2)20-23/h5-7,9H,4,8,10H2,1-3H3,(H,18,19,25). The van der Waals surface area contributed by atoms with Crippen molar-refractivity contribution in [3.8, 4) is 0 Å². The summed E-state index contributed by atoms with van der Waals surface area (Å²) in [5, 5.41) is 13.5. The molecule has 0 saturated carbocycles. The van der Waals surface area contributed by atoms with Crippen LogP contribution in [-0.2, 0) is 22.6 Å². The van der Waals surface area contributed by atoms with Crippen molar-refractivity contribution < 1.29 is 14.3 Å². The third-order valence-corrected chi connectivity index (χ3v) is 4.47. The summed E-state index contributed by atoms with van der Waals surface area (Å²) in [6.45, 7) is 6.39. The van der Waals surface area contributed by atoms with Gasteiger partial charge in [0.1, 0.15) is 6.67 Å². The maximum Gasteiger partial charge on any atom is 0.311 e. The molecule has 0 aromatic carbocycles. The van der Waals surface area contributed by atoms with E-state index in [2.05, 4.69) is 20.5 Å². The second-order valence-corrected chi connectivity index (χ2v) is 6.75. The van der Waals surface area contributed by atoms with Crippen LogP contribution in [0.15, 0.2) is 23.7 Å². The van der Waals surface area contributed by atoms with E-state index in [4.69, 9.17) is 4.74 Å². The van der Waals surface area contributed by atoms with Crippen LogP contribution in [0.3, 0.4) is 0 Å². The first-order valence-electron chi connectivity index (χ1n) is 8.40. The van der Waals surface area contributed by atoms with Crippen molar-refractivity contribution in [1.29, 1.82) is 0 Å². The van der Waals surface area contributed by atoms with Gasteiger partial charge in [-0.1, -0.05) is 0 Å². The first-order chi connectivity index (χ1) is 12.9. The number of hydrogen-bond acceptors (Lipinski definition) is 7. The average molecular weight is 388 g/mol. The Labute approximate surface area is 160 Å². The Morgan fingerprint density at radius 1 is 1.30 bits per heavy atom. The van der Waals surface area contributed by atoms with Crippen molar-refractivity contribution in [3.05, 3.63) is 46.5 Å². The minimum absolute atomic E-state index is 0.0808. The highest BCUT2D eigenvalue weighted by atomic mass is 32.1. The molecule has 3 heterocycles. The molecule has 0 atom stereocenters. The summed E-state index contributed by atoms with van der Waals surface area (Å²) in [6.07, 6.45) is 1.80. The predicted octanol–water partition coefficient (Wildman–Crippen LogP) is 2.02. The molecule has 27 heavy (non-hydrogen) atoms. The highest BCUT2D eigenvalue weighted by molar-refractivity contribution is 7.14. The van der Waals surface area contributed by atoms with Gasteiger partial charge in [0.05, 0.1) is 24.4 Å². The highest BCUT2D eigenvalue weighted by Crippen LogP contribution is 2.17. The van der Waals surface area contributed by atoms with Crippen molar-refractivity contribution in [2.75, 3.05) is 11.9 Å². The molecule has 1 N–H and O–H groups in total. The summed E-state index contributed by atoms with van der Waals surface area (Å²) in [6, 6.07) is 3.61. The molecule has 3 aromatic rings. The molecule has 0 saturated heterocycles. The van der Waals surface area contributed by atoms with Gasteiger partial charge in [-0.05, 0) is 32.9 Å². The molecule has 1 amide bonds. The number of aromatic nitrogens is 5. The number of hydrogen-bond donors (Lipinski definition) is 1. The molecule has 0 aliphatic heterocycles. The maximum atomic E-state index is 12.4. The van der Waals surface area contributed by atoms with Crippen LogP contribution in [-0.4, -0.2) is 43.0 Å². The lowest BCUT2D eigenvalue weighted by Gasteiger charge is -2.04. The predicted molar refractivity (Wildman–Crippen MR) is 99.7 cm³/mol. The van der Waals surface area contributed by atoms with Gasteiger partial charge in [-0.3, -0.25) is 19.6 Å². The molecule has 0 radical (unpaired) electrons. The maximum absolute atomic E-state index is 12.4. The number of carbonyl (C=O) groups is 2. The normalized spacial score (nSPS) is 10.8. The van der Waals surface area contributed by atoms with E-state index in [9.17, 15) is 9.59 Å². The molecule has 0 spiro atoms. The van der Waals surface area contributed by atoms with Gasteiger partial charge < -0.3 is 4.74 Å². The smallest absolute Gasteiger partial charge is 0.311 e.